The molecule has 0 aromatic heterocycles. The van der Waals surface area contributed by atoms with Crippen molar-refractivity contribution in [2.75, 3.05) is 6.61 Å². The molecule has 0 heterocycles. The van der Waals surface area contributed by atoms with E-state index in [2.05, 4.69) is 0 Å². The van der Waals surface area contributed by atoms with Gasteiger partial charge < -0.3 is 10.8 Å². The Morgan fingerprint density at radius 2 is 1.77 bits per heavy atom. The van der Waals surface area contributed by atoms with Gasteiger partial charge in [-0.2, -0.15) is 13.2 Å². The molecular formula is C8H14F3NO. The van der Waals surface area contributed by atoms with Crippen molar-refractivity contribution in [2.45, 2.75) is 37.4 Å². The molecule has 1 aliphatic rings. The van der Waals surface area contributed by atoms with Crippen LogP contribution in [0.3, 0.4) is 0 Å². The summed E-state index contributed by atoms with van der Waals surface area (Å²) in [5.41, 5.74) is 3.23. The van der Waals surface area contributed by atoms with Gasteiger partial charge in [-0.15, -0.1) is 0 Å². The maximum absolute atomic E-state index is 12.4. The van der Waals surface area contributed by atoms with E-state index >= 15 is 0 Å². The Morgan fingerprint density at radius 1 is 1.31 bits per heavy atom. The zero-order valence-electron chi connectivity index (χ0n) is 7.27. The first-order valence-corrected chi connectivity index (χ1v) is 4.35. The smallest absolute Gasteiger partial charge is 0.396 e. The Balaban J connectivity index is 2.57. The van der Waals surface area contributed by atoms with E-state index in [1.807, 2.05) is 0 Å². The fourth-order valence-corrected chi connectivity index (χ4v) is 1.66. The molecule has 0 aliphatic heterocycles. The maximum Gasteiger partial charge on any atom is 0.406 e. The third-order valence-electron chi connectivity index (χ3n) is 2.82. The highest BCUT2D eigenvalue weighted by molar-refractivity contribution is 4.95. The molecule has 0 unspecified atom stereocenters. The molecule has 0 spiro atoms. The standard InChI is InChI=1S/C8H14F3NO/c9-8(10,11)7(12)3-1-6(5-13)2-4-7/h6,13H,1-5,12H2. The highest BCUT2D eigenvalue weighted by Gasteiger charge is 2.52. The molecule has 0 saturated heterocycles. The van der Waals surface area contributed by atoms with Crippen molar-refractivity contribution in [3.8, 4) is 0 Å². The van der Waals surface area contributed by atoms with Crippen molar-refractivity contribution in [2.24, 2.45) is 11.7 Å². The molecule has 1 fully saturated rings. The second-order valence-corrected chi connectivity index (χ2v) is 3.78. The molecule has 5 heteroatoms. The van der Waals surface area contributed by atoms with Crippen LogP contribution in [0.2, 0.25) is 0 Å². The molecule has 1 saturated carbocycles. The minimum absolute atomic E-state index is 0.000903. The van der Waals surface area contributed by atoms with Crippen LogP contribution in [0.4, 0.5) is 13.2 Å². The van der Waals surface area contributed by atoms with Crippen LogP contribution in [0, 0.1) is 5.92 Å². The summed E-state index contributed by atoms with van der Waals surface area (Å²) in [4.78, 5) is 0. The van der Waals surface area contributed by atoms with E-state index < -0.39 is 11.7 Å². The van der Waals surface area contributed by atoms with Crippen molar-refractivity contribution in [1.29, 1.82) is 0 Å². The van der Waals surface area contributed by atoms with E-state index in [9.17, 15) is 13.2 Å². The average Bonchev–Trinajstić information content (AvgIpc) is 2.04. The second-order valence-electron chi connectivity index (χ2n) is 3.78. The summed E-state index contributed by atoms with van der Waals surface area (Å²) in [7, 11) is 0. The number of hydrogen-bond acceptors (Lipinski definition) is 2. The summed E-state index contributed by atoms with van der Waals surface area (Å²) in [6.07, 6.45) is -3.71. The lowest BCUT2D eigenvalue weighted by atomic mass is 9.77. The SMILES string of the molecule is NC1(C(F)(F)F)CCC(CO)CC1. The third kappa shape index (κ3) is 2.14. The summed E-state index contributed by atoms with van der Waals surface area (Å²) >= 11 is 0. The molecule has 13 heavy (non-hydrogen) atoms. The van der Waals surface area contributed by atoms with Crippen molar-refractivity contribution in [1.82, 2.24) is 0 Å². The summed E-state index contributed by atoms with van der Waals surface area (Å²) in [6, 6.07) is 0. The van der Waals surface area contributed by atoms with Crippen LogP contribution in [0.5, 0.6) is 0 Å². The van der Waals surface area contributed by atoms with Gasteiger partial charge in [0.05, 0.1) is 0 Å². The topological polar surface area (TPSA) is 46.2 Å². The zero-order valence-corrected chi connectivity index (χ0v) is 7.27. The van der Waals surface area contributed by atoms with E-state index in [1.165, 1.54) is 0 Å². The number of nitrogens with two attached hydrogens (primary N) is 1. The molecule has 3 N–H and O–H groups in total. The van der Waals surface area contributed by atoms with Crippen molar-refractivity contribution >= 4 is 0 Å². The lowest BCUT2D eigenvalue weighted by Crippen LogP contribution is -2.55. The van der Waals surface area contributed by atoms with Gasteiger partial charge in [0.2, 0.25) is 0 Å². The minimum Gasteiger partial charge on any atom is -0.396 e. The second kappa shape index (κ2) is 3.46. The van der Waals surface area contributed by atoms with Crippen LogP contribution in [0.15, 0.2) is 0 Å². The first kappa shape index (κ1) is 10.8. The van der Waals surface area contributed by atoms with Gasteiger partial charge in [-0.25, -0.2) is 0 Å². The number of rotatable bonds is 1. The Kier molecular flexibility index (Phi) is 2.87. The van der Waals surface area contributed by atoms with Crippen molar-refractivity contribution in [3.63, 3.8) is 0 Å². The minimum atomic E-state index is -4.31. The largest absolute Gasteiger partial charge is 0.406 e. The molecule has 1 aliphatic carbocycles. The van der Waals surface area contributed by atoms with E-state index in [4.69, 9.17) is 10.8 Å². The van der Waals surface area contributed by atoms with Crippen LogP contribution >= 0.6 is 0 Å². The van der Waals surface area contributed by atoms with Crippen LogP contribution in [0.1, 0.15) is 25.7 Å². The quantitative estimate of drug-likeness (QED) is 0.668. The lowest BCUT2D eigenvalue weighted by molar-refractivity contribution is -0.196. The van der Waals surface area contributed by atoms with E-state index in [1.54, 1.807) is 0 Å². The molecule has 0 aromatic carbocycles. The van der Waals surface area contributed by atoms with Crippen molar-refractivity contribution < 1.29 is 18.3 Å². The van der Waals surface area contributed by atoms with Gasteiger partial charge in [-0.1, -0.05) is 0 Å². The number of alkyl halides is 3. The maximum atomic E-state index is 12.4. The monoisotopic (exact) mass is 197 g/mol. The van der Waals surface area contributed by atoms with Crippen LogP contribution in [-0.2, 0) is 0 Å². The Bertz CT molecular complexity index is 173. The molecule has 78 valence electrons. The highest BCUT2D eigenvalue weighted by atomic mass is 19.4. The van der Waals surface area contributed by atoms with Gasteiger partial charge >= 0.3 is 6.18 Å². The fraction of sp³-hybridized carbons (Fsp3) is 1.00. The van der Waals surface area contributed by atoms with Crippen LogP contribution in [-0.4, -0.2) is 23.4 Å². The molecule has 0 bridgehead atoms. The molecule has 0 aromatic rings. The van der Waals surface area contributed by atoms with E-state index in [0.29, 0.717) is 12.8 Å². The predicted molar refractivity (Wildman–Crippen MR) is 42.0 cm³/mol. The van der Waals surface area contributed by atoms with Gasteiger partial charge in [-0.05, 0) is 31.6 Å². The Morgan fingerprint density at radius 3 is 2.08 bits per heavy atom. The van der Waals surface area contributed by atoms with Crippen LogP contribution in [0.25, 0.3) is 0 Å². The van der Waals surface area contributed by atoms with Gasteiger partial charge in [0.1, 0.15) is 5.54 Å². The van der Waals surface area contributed by atoms with E-state index in [0.717, 1.165) is 0 Å². The fourth-order valence-electron chi connectivity index (χ4n) is 1.66. The third-order valence-corrected chi connectivity index (χ3v) is 2.82. The molecule has 0 amide bonds. The van der Waals surface area contributed by atoms with Crippen LogP contribution < -0.4 is 5.73 Å². The number of aliphatic hydroxyl groups excluding tert-OH is 1. The Labute approximate surface area is 74.9 Å². The van der Waals surface area contributed by atoms with Gasteiger partial charge in [-0.3, -0.25) is 0 Å². The molecular weight excluding hydrogens is 183 g/mol. The zero-order chi connectivity index (χ0) is 10.1. The van der Waals surface area contributed by atoms with Crippen molar-refractivity contribution in [3.05, 3.63) is 0 Å². The summed E-state index contributed by atoms with van der Waals surface area (Å²) in [6.45, 7) is -0.0338. The summed E-state index contributed by atoms with van der Waals surface area (Å²) in [5, 5.41) is 8.74. The highest BCUT2D eigenvalue weighted by Crippen LogP contribution is 2.41. The van der Waals surface area contributed by atoms with Gasteiger partial charge in [0.25, 0.3) is 0 Å². The normalized spacial score (nSPS) is 36.2. The molecule has 2 nitrogen and oxygen atoms in total. The number of aliphatic hydroxyl groups is 1. The average molecular weight is 197 g/mol. The Hall–Kier alpha value is -0.290. The van der Waals surface area contributed by atoms with E-state index in [-0.39, 0.29) is 25.4 Å². The molecule has 0 radical (unpaired) electrons. The molecule has 1 rings (SSSR count). The summed E-state index contributed by atoms with van der Waals surface area (Å²) in [5.74, 6) is -0.000903. The molecule has 0 atom stereocenters. The predicted octanol–water partition coefficient (Wildman–Crippen LogP) is 1.43. The first-order valence-electron chi connectivity index (χ1n) is 4.35. The lowest BCUT2D eigenvalue weighted by Gasteiger charge is -2.37. The number of hydrogen-bond donors (Lipinski definition) is 2. The summed E-state index contributed by atoms with van der Waals surface area (Å²) < 4.78 is 37.1. The van der Waals surface area contributed by atoms with Gasteiger partial charge in [0, 0.05) is 6.61 Å². The first-order chi connectivity index (χ1) is 5.89. The van der Waals surface area contributed by atoms with Gasteiger partial charge in [0.15, 0.2) is 0 Å². The number of halogens is 3.